The van der Waals surface area contributed by atoms with E-state index in [-0.39, 0.29) is 11.5 Å². The lowest BCUT2D eigenvalue weighted by Crippen LogP contribution is -2.60. The Labute approximate surface area is 259 Å². The van der Waals surface area contributed by atoms with Gasteiger partial charge in [0.2, 0.25) is 0 Å². The minimum absolute atomic E-state index is 0.348. The number of thioether (sulfide) groups is 1. The molecule has 0 unspecified atom stereocenters. The molecular formula is C37H40O5S. The zero-order chi connectivity index (χ0) is 29.7. The molecule has 1 aliphatic rings. The van der Waals surface area contributed by atoms with Gasteiger partial charge in [-0.1, -0.05) is 127 Å². The van der Waals surface area contributed by atoms with E-state index >= 15 is 0 Å². The van der Waals surface area contributed by atoms with E-state index in [1.165, 1.54) is 5.56 Å². The molecule has 6 heteroatoms. The Balaban J connectivity index is 1.44. The van der Waals surface area contributed by atoms with Gasteiger partial charge in [-0.15, -0.1) is 0 Å². The second-order valence-electron chi connectivity index (χ2n) is 10.6. The van der Waals surface area contributed by atoms with Crippen LogP contribution >= 0.6 is 11.8 Å². The molecular weight excluding hydrogens is 556 g/mol. The van der Waals surface area contributed by atoms with Gasteiger partial charge in [0.25, 0.3) is 0 Å². The molecule has 0 saturated carbocycles. The number of aryl methyl sites for hydroxylation is 1. The predicted octanol–water partition coefficient (Wildman–Crippen LogP) is 8.12. The van der Waals surface area contributed by atoms with Crippen LogP contribution in [0.2, 0.25) is 0 Å². The van der Waals surface area contributed by atoms with Gasteiger partial charge in [-0.2, -0.15) is 0 Å². The van der Waals surface area contributed by atoms with E-state index in [1.54, 1.807) is 18.0 Å². The Bertz CT molecular complexity index is 1360. The molecule has 1 saturated heterocycles. The standard InChI is InChI=1S/C37H40O5S/c1-3-23-39-36-35(41-26-31-17-11-6-12-18-31)34(40-25-30-15-9-5-10-16-30)33(27-38-24-29-13-7-4-8-14-29)42-37(36)43-32-21-19-28(2)20-22-32/h3-23,33-37H,24-27H2,1-2H3/b23-3-/t33-,34-,35+,36+,37-/m1/s1. The third kappa shape index (κ3) is 9.30. The van der Waals surface area contributed by atoms with E-state index in [1.807, 2.05) is 67.6 Å². The molecule has 5 rings (SSSR count). The molecule has 0 aromatic heterocycles. The normalized spacial score (nSPS) is 22.0. The first-order valence-corrected chi connectivity index (χ1v) is 15.7. The summed E-state index contributed by atoms with van der Waals surface area (Å²) < 4.78 is 32.9. The van der Waals surface area contributed by atoms with Gasteiger partial charge in [0.05, 0.1) is 32.7 Å². The van der Waals surface area contributed by atoms with Crippen molar-refractivity contribution in [1.29, 1.82) is 0 Å². The maximum Gasteiger partial charge on any atom is 0.162 e. The Morgan fingerprint density at radius 3 is 1.74 bits per heavy atom. The molecule has 0 radical (unpaired) electrons. The summed E-state index contributed by atoms with van der Waals surface area (Å²) in [5, 5.41) is 0. The number of allylic oxidation sites excluding steroid dienone is 1. The minimum Gasteiger partial charge on any atom is -0.492 e. The number of benzene rings is 4. The van der Waals surface area contributed by atoms with Gasteiger partial charge in [-0.05, 0) is 42.7 Å². The molecule has 1 fully saturated rings. The van der Waals surface area contributed by atoms with Crippen LogP contribution in [-0.2, 0) is 43.5 Å². The van der Waals surface area contributed by atoms with Crippen molar-refractivity contribution >= 4 is 11.8 Å². The second-order valence-corrected chi connectivity index (χ2v) is 11.7. The monoisotopic (exact) mass is 596 g/mol. The minimum atomic E-state index is -0.440. The Morgan fingerprint density at radius 2 is 1.19 bits per heavy atom. The highest BCUT2D eigenvalue weighted by molar-refractivity contribution is 7.99. The predicted molar refractivity (Wildman–Crippen MR) is 172 cm³/mol. The summed E-state index contributed by atoms with van der Waals surface area (Å²) >= 11 is 1.64. The molecule has 4 aromatic carbocycles. The summed E-state index contributed by atoms with van der Waals surface area (Å²) in [6.07, 6.45) is 1.92. The van der Waals surface area contributed by atoms with Crippen LogP contribution in [0.15, 0.2) is 132 Å². The lowest BCUT2D eigenvalue weighted by atomic mass is 9.99. The molecule has 0 bridgehead atoms. The molecule has 5 nitrogen and oxygen atoms in total. The molecule has 4 aromatic rings. The molecule has 224 valence electrons. The van der Waals surface area contributed by atoms with E-state index in [2.05, 4.69) is 67.6 Å². The van der Waals surface area contributed by atoms with Gasteiger partial charge in [0, 0.05) is 4.90 Å². The van der Waals surface area contributed by atoms with Crippen LogP contribution in [-0.4, -0.2) is 36.5 Å². The van der Waals surface area contributed by atoms with Crippen LogP contribution in [0.3, 0.4) is 0 Å². The van der Waals surface area contributed by atoms with Crippen molar-refractivity contribution in [3.05, 3.63) is 150 Å². The first-order valence-electron chi connectivity index (χ1n) is 14.8. The van der Waals surface area contributed by atoms with Crippen LogP contribution in [0, 0.1) is 6.92 Å². The largest absolute Gasteiger partial charge is 0.492 e. The molecule has 0 spiro atoms. The van der Waals surface area contributed by atoms with Crippen molar-refractivity contribution in [3.8, 4) is 0 Å². The smallest absolute Gasteiger partial charge is 0.162 e. The third-order valence-electron chi connectivity index (χ3n) is 7.20. The van der Waals surface area contributed by atoms with Gasteiger partial charge in [-0.25, -0.2) is 0 Å². The van der Waals surface area contributed by atoms with Crippen molar-refractivity contribution in [2.75, 3.05) is 6.61 Å². The van der Waals surface area contributed by atoms with E-state index in [0.717, 1.165) is 21.6 Å². The highest BCUT2D eigenvalue weighted by Crippen LogP contribution is 2.38. The summed E-state index contributed by atoms with van der Waals surface area (Å²) in [5.41, 5.74) is 4.12. The number of hydrogen-bond donors (Lipinski definition) is 0. The van der Waals surface area contributed by atoms with Gasteiger partial charge < -0.3 is 23.7 Å². The summed E-state index contributed by atoms with van der Waals surface area (Å²) in [6, 6.07) is 39.0. The number of ether oxygens (including phenoxy) is 5. The van der Waals surface area contributed by atoms with Crippen molar-refractivity contribution in [2.45, 2.75) is 68.4 Å². The van der Waals surface area contributed by atoms with E-state index < -0.39 is 18.3 Å². The van der Waals surface area contributed by atoms with Gasteiger partial charge in [-0.3, -0.25) is 0 Å². The average molecular weight is 597 g/mol. The van der Waals surface area contributed by atoms with Gasteiger partial charge in [0.1, 0.15) is 23.7 Å². The number of rotatable bonds is 14. The van der Waals surface area contributed by atoms with Crippen molar-refractivity contribution in [1.82, 2.24) is 0 Å². The van der Waals surface area contributed by atoms with Crippen LogP contribution < -0.4 is 0 Å². The van der Waals surface area contributed by atoms with Crippen LogP contribution in [0.4, 0.5) is 0 Å². The van der Waals surface area contributed by atoms with Gasteiger partial charge >= 0.3 is 0 Å². The van der Waals surface area contributed by atoms with Crippen LogP contribution in [0.5, 0.6) is 0 Å². The molecule has 1 heterocycles. The lowest BCUT2D eigenvalue weighted by molar-refractivity contribution is -0.244. The summed E-state index contributed by atoms with van der Waals surface area (Å²) in [7, 11) is 0. The average Bonchev–Trinajstić information content (AvgIpc) is 3.05. The summed E-state index contributed by atoms with van der Waals surface area (Å²) in [5.74, 6) is 0. The number of hydrogen-bond acceptors (Lipinski definition) is 6. The maximum absolute atomic E-state index is 6.83. The molecule has 0 N–H and O–H groups in total. The van der Waals surface area contributed by atoms with E-state index in [4.69, 9.17) is 23.7 Å². The Kier molecular flexibility index (Phi) is 11.9. The molecule has 43 heavy (non-hydrogen) atoms. The SMILES string of the molecule is C/C=C\O[C@H]1[C@@H](OCc2ccccc2)[C@H](OCc2ccccc2)[C@@H](COCc2ccccc2)O[C@@H]1Sc1ccc(C)cc1. The zero-order valence-corrected chi connectivity index (χ0v) is 25.6. The molecule has 5 atom stereocenters. The van der Waals surface area contributed by atoms with Crippen LogP contribution in [0.25, 0.3) is 0 Å². The second kappa shape index (κ2) is 16.5. The van der Waals surface area contributed by atoms with Crippen LogP contribution in [0.1, 0.15) is 29.2 Å². The Morgan fingerprint density at radius 1 is 0.651 bits per heavy atom. The highest BCUT2D eigenvalue weighted by Gasteiger charge is 2.49. The topological polar surface area (TPSA) is 46.2 Å². The first kappa shape index (κ1) is 31.0. The fourth-order valence-corrected chi connectivity index (χ4v) is 6.08. The molecule has 0 amide bonds. The zero-order valence-electron chi connectivity index (χ0n) is 24.8. The summed E-state index contributed by atoms with van der Waals surface area (Å²) in [4.78, 5) is 1.10. The fourth-order valence-electron chi connectivity index (χ4n) is 4.96. The van der Waals surface area contributed by atoms with Gasteiger partial charge in [0.15, 0.2) is 6.10 Å². The Hall–Kier alpha value is -3.39. The first-order chi connectivity index (χ1) is 21.2. The quantitative estimate of drug-likeness (QED) is 0.137. The fraction of sp³-hybridized carbons (Fsp3) is 0.297. The highest BCUT2D eigenvalue weighted by atomic mass is 32.2. The van der Waals surface area contributed by atoms with E-state index in [0.29, 0.717) is 26.4 Å². The lowest BCUT2D eigenvalue weighted by Gasteiger charge is -2.45. The van der Waals surface area contributed by atoms with Crippen molar-refractivity contribution < 1.29 is 23.7 Å². The molecule has 0 aliphatic carbocycles. The van der Waals surface area contributed by atoms with Crippen molar-refractivity contribution in [3.63, 3.8) is 0 Å². The summed E-state index contributed by atoms with van der Waals surface area (Å²) in [6.45, 7) is 5.70. The third-order valence-corrected chi connectivity index (χ3v) is 8.36. The van der Waals surface area contributed by atoms with Crippen molar-refractivity contribution in [2.24, 2.45) is 0 Å². The molecule has 1 aliphatic heterocycles. The van der Waals surface area contributed by atoms with E-state index in [9.17, 15) is 0 Å². The maximum atomic E-state index is 6.83.